The van der Waals surface area contributed by atoms with E-state index in [4.69, 9.17) is 9.47 Å². The van der Waals surface area contributed by atoms with Gasteiger partial charge in [-0.3, -0.25) is 19.3 Å². The molecule has 2 aliphatic rings. The summed E-state index contributed by atoms with van der Waals surface area (Å²) in [5, 5.41) is 2.35. The molecule has 0 radical (unpaired) electrons. The van der Waals surface area contributed by atoms with Gasteiger partial charge in [-0.2, -0.15) is 0 Å². The Balaban J connectivity index is 1.29. The van der Waals surface area contributed by atoms with Crippen LogP contribution in [0.2, 0.25) is 0 Å². The Morgan fingerprint density at radius 1 is 1.09 bits per heavy atom. The first kappa shape index (κ1) is 21.7. The molecule has 0 unspecified atom stereocenters. The summed E-state index contributed by atoms with van der Waals surface area (Å²) >= 11 is 0.879. The Morgan fingerprint density at radius 2 is 1.84 bits per heavy atom. The Hall–Kier alpha value is -3.52. The molecule has 8 heteroatoms. The van der Waals surface area contributed by atoms with E-state index in [0.717, 1.165) is 34.2 Å². The molecule has 2 aromatic carbocycles. The van der Waals surface area contributed by atoms with E-state index in [-0.39, 0.29) is 36.9 Å². The molecule has 2 heterocycles. The van der Waals surface area contributed by atoms with E-state index in [9.17, 15) is 14.4 Å². The van der Waals surface area contributed by atoms with Gasteiger partial charge in [0.2, 0.25) is 12.7 Å². The number of thioether (sulfide) groups is 1. The summed E-state index contributed by atoms with van der Waals surface area (Å²) in [6.45, 7) is 2.53. The highest BCUT2D eigenvalue weighted by Gasteiger charge is 2.34. The molecule has 7 nitrogen and oxygen atoms in total. The molecule has 0 saturated carbocycles. The van der Waals surface area contributed by atoms with Crippen LogP contribution in [0.15, 0.2) is 53.4 Å². The fourth-order valence-corrected chi connectivity index (χ4v) is 4.10. The standard InChI is InChI=1S/C24H22N2O5S/c1-2-16-3-5-17(6-4-16)8-10-22(27)25-11-12-26-23(28)21(32-24(26)29)14-18-7-9-19-20(13-18)31-15-30-19/h3-10,13-14H,2,11-12,15H2,1H3,(H,25,27). The van der Waals surface area contributed by atoms with Crippen molar-refractivity contribution in [2.45, 2.75) is 13.3 Å². The Kier molecular flexibility index (Phi) is 6.61. The second-order valence-corrected chi connectivity index (χ2v) is 8.16. The Bertz CT molecular complexity index is 1110. The average Bonchev–Trinajstić information content (AvgIpc) is 3.37. The molecular weight excluding hydrogens is 428 g/mol. The first-order chi connectivity index (χ1) is 15.5. The third kappa shape index (κ3) is 5.03. The zero-order valence-electron chi connectivity index (χ0n) is 17.5. The number of hydrogen-bond acceptors (Lipinski definition) is 6. The van der Waals surface area contributed by atoms with Crippen LogP contribution in [0.3, 0.4) is 0 Å². The molecule has 1 fully saturated rings. The van der Waals surface area contributed by atoms with Crippen molar-refractivity contribution < 1.29 is 23.9 Å². The van der Waals surface area contributed by atoms with Crippen LogP contribution in [0.1, 0.15) is 23.6 Å². The summed E-state index contributed by atoms with van der Waals surface area (Å²) in [6.07, 6.45) is 5.78. The fraction of sp³-hybridized carbons (Fsp3) is 0.208. The van der Waals surface area contributed by atoms with Crippen LogP contribution >= 0.6 is 11.8 Å². The van der Waals surface area contributed by atoms with Gasteiger partial charge in [0, 0.05) is 19.2 Å². The van der Waals surface area contributed by atoms with Gasteiger partial charge in [-0.05, 0) is 59.2 Å². The van der Waals surface area contributed by atoms with E-state index in [1.165, 1.54) is 11.6 Å². The molecule has 2 aliphatic heterocycles. The van der Waals surface area contributed by atoms with E-state index in [0.29, 0.717) is 16.4 Å². The van der Waals surface area contributed by atoms with Gasteiger partial charge in [0.25, 0.3) is 11.1 Å². The molecule has 32 heavy (non-hydrogen) atoms. The molecule has 0 atom stereocenters. The number of hydrogen-bond donors (Lipinski definition) is 1. The van der Waals surface area contributed by atoms with Crippen molar-refractivity contribution in [3.05, 3.63) is 70.1 Å². The van der Waals surface area contributed by atoms with E-state index in [2.05, 4.69) is 12.2 Å². The van der Waals surface area contributed by atoms with Crippen LogP contribution in [-0.2, 0) is 16.0 Å². The summed E-state index contributed by atoms with van der Waals surface area (Å²) in [7, 11) is 0. The largest absolute Gasteiger partial charge is 0.454 e. The lowest BCUT2D eigenvalue weighted by Gasteiger charge is -2.12. The van der Waals surface area contributed by atoms with Crippen LogP contribution in [0.25, 0.3) is 12.2 Å². The van der Waals surface area contributed by atoms with E-state index >= 15 is 0 Å². The molecule has 0 aliphatic carbocycles. The minimum atomic E-state index is -0.376. The van der Waals surface area contributed by atoms with Crippen LogP contribution < -0.4 is 14.8 Å². The molecule has 3 amide bonds. The van der Waals surface area contributed by atoms with Gasteiger partial charge in [0.1, 0.15) is 0 Å². The van der Waals surface area contributed by atoms with E-state index in [1.54, 1.807) is 30.4 Å². The molecule has 0 bridgehead atoms. The number of fused-ring (bicyclic) bond motifs is 1. The van der Waals surface area contributed by atoms with Gasteiger partial charge in [0.05, 0.1) is 4.91 Å². The maximum atomic E-state index is 12.6. The third-order valence-electron chi connectivity index (χ3n) is 5.02. The minimum Gasteiger partial charge on any atom is -0.454 e. The minimum absolute atomic E-state index is 0.105. The van der Waals surface area contributed by atoms with Crippen molar-refractivity contribution in [1.82, 2.24) is 10.2 Å². The predicted octanol–water partition coefficient (Wildman–Crippen LogP) is 3.84. The van der Waals surface area contributed by atoms with Gasteiger partial charge < -0.3 is 14.8 Å². The highest BCUT2D eigenvalue weighted by atomic mass is 32.2. The molecule has 1 saturated heterocycles. The average molecular weight is 451 g/mol. The Morgan fingerprint density at radius 3 is 2.62 bits per heavy atom. The zero-order chi connectivity index (χ0) is 22.5. The molecule has 0 aromatic heterocycles. The maximum Gasteiger partial charge on any atom is 0.293 e. The van der Waals surface area contributed by atoms with Crippen molar-refractivity contribution in [3.63, 3.8) is 0 Å². The van der Waals surface area contributed by atoms with Gasteiger partial charge >= 0.3 is 0 Å². The number of benzene rings is 2. The van der Waals surface area contributed by atoms with Crippen molar-refractivity contribution in [3.8, 4) is 11.5 Å². The highest BCUT2D eigenvalue weighted by Crippen LogP contribution is 2.36. The lowest BCUT2D eigenvalue weighted by Crippen LogP contribution is -2.36. The van der Waals surface area contributed by atoms with Gasteiger partial charge in [-0.15, -0.1) is 0 Å². The lowest BCUT2D eigenvalue weighted by molar-refractivity contribution is -0.123. The molecule has 1 N–H and O–H groups in total. The number of amides is 3. The SMILES string of the molecule is CCc1ccc(C=CC(=O)NCCN2C(=O)SC(=Cc3ccc4c(c3)OCO4)C2=O)cc1. The lowest BCUT2D eigenvalue weighted by atomic mass is 10.1. The van der Waals surface area contributed by atoms with Crippen molar-refractivity contribution in [2.24, 2.45) is 0 Å². The van der Waals surface area contributed by atoms with Gasteiger partial charge in [0.15, 0.2) is 11.5 Å². The predicted molar refractivity (Wildman–Crippen MR) is 123 cm³/mol. The topological polar surface area (TPSA) is 84.9 Å². The van der Waals surface area contributed by atoms with Gasteiger partial charge in [-0.25, -0.2) is 0 Å². The summed E-state index contributed by atoms with van der Waals surface area (Å²) in [6, 6.07) is 13.3. The van der Waals surface area contributed by atoms with E-state index in [1.807, 2.05) is 24.3 Å². The second-order valence-electron chi connectivity index (χ2n) is 7.17. The number of ether oxygens (including phenoxy) is 2. The number of carbonyl (C=O) groups excluding carboxylic acids is 3. The second kappa shape index (κ2) is 9.74. The summed E-state index contributed by atoms with van der Waals surface area (Å²) < 4.78 is 10.6. The third-order valence-corrected chi connectivity index (χ3v) is 5.93. The normalized spacial score (nSPS) is 16.4. The van der Waals surface area contributed by atoms with Crippen LogP contribution in [0.5, 0.6) is 11.5 Å². The molecule has 2 aromatic rings. The van der Waals surface area contributed by atoms with Crippen LogP contribution in [0, 0.1) is 0 Å². The first-order valence-corrected chi connectivity index (χ1v) is 11.0. The summed E-state index contributed by atoms with van der Waals surface area (Å²) in [4.78, 5) is 38.4. The number of carbonyl (C=O) groups is 3. The van der Waals surface area contributed by atoms with E-state index < -0.39 is 0 Å². The molecule has 4 rings (SSSR count). The van der Waals surface area contributed by atoms with Crippen molar-refractivity contribution >= 4 is 41.0 Å². The van der Waals surface area contributed by atoms with Crippen LogP contribution in [0.4, 0.5) is 4.79 Å². The highest BCUT2D eigenvalue weighted by molar-refractivity contribution is 8.18. The fourth-order valence-electron chi connectivity index (χ4n) is 3.23. The summed E-state index contributed by atoms with van der Waals surface area (Å²) in [5.74, 6) is 0.596. The number of aryl methyl sites for hydroxylation is 1. The molecular formula is C24H22N2O5S. The number of nitrogens with one attached hydrogen (secondary N) is 1. The van der Waals surface area contributed by atoms with Crippen molar-refractivity contribution in [1.29, 1.82) is 0 Å². The van der Waals surface area contributed by atoms with Gasteiger partial charge in [-0.1, -0.05) is 37.3 Å². The van der Waals surface area contributed by atoms with Crippen LogP contribution in [-0.4, -0.2) is 41.8 Å². The number of imide groups is 1. The monoisotopic (exact) mass is 450 g/mol. The zero-order valence-corrected chi connectivity index (χ0v) is 18.3. The van der Waals surface area contributed by atoms with Crippen molar-refractivity contribution in [2.75, 3.05) is 19.9 Å². The quantitative estimate of drug-likeness (QED) is 0.645. The summed E-state index contributed by atoms with van der Waals surface area (Å²) in [5.41, 5.74) is 2.90. The first-order valence-electron chi connectivity index (χ1n) is 10.2. The molecule has 0 spiro atoms. The number of nitrogens with zero attached hydrogens (tertiary/aromatic N) is 1. The maximum absolute atomic E-state index is 12.6. The smallest absolute Gasteiger partial charge is 0.293 e. The molecule has 164 valence electrons. The number of rotatable bonds is 7. The Labute approximate surface area is 190 Å².